The predicted molar refractivity (Wildman–Crippen MR) is 239 cm³/mol. The third-order valence-corrected chi connectivity index (χ3v) is 10.9. The highest BCUT2D eigenvalue weighted by atomic mass is 16.7. The zero-order valence-electron chi connectivity index (χ0n) is 36.3. The number of ketones is 2. The zero-order valence-corrected chi connectivity index (χ0v) is 36.3. The summed E-state index contributed by atoms with van der Waals surface area (Å²) >= 11 is 0. The van der Waals surface area contributed by atoms with Crippen LogP contribution in [0.4, 0.5) is 21.0 Å². The van der Waals surface area contributed by atoms with Crippen LogP contribution >= 0.6 is 0 Å². The summed E-state index contributed by atoms with van der Waals surface area (Å²) in [5, 5.41) is 22.6. The summed E-state index contributed by atoms with van der Waals surface area (Å²) in [4.78, 5) is 92.1. The normalized spacial score (nSPS) is 13.5. The summed E-state index contributed by atoms with van der Waals surface area (Å²) in [6.45, 7) is 5.66. The van der Waals surface area contributed by atoms with E-state index in [4.69, 9.17) is 20.7 Å². The van der Waals surface area contributed by atoms with E-state index >= 15 is 0 Å². The first-order valence-electron chi connectivity index (χ1n) is 21.3. The van der Waals surface area contributed by atoms with Crippen molar-refractivity contribution in [1.29, 1.82) is 0 Å². The van der Waals surface area contributed by atoms with Crippen LogP contribution in [0, 0.1) is 33.8 Å². The number of anilines is 1. The Morgan fingerprint density at radius 3 is 2.22 bits per heavy atom. The van der Waals surface area contributed by atoms with Crippen molar-refractivity contribution < 1.29 is 43.2 Å². The van der Waals surface area contributed by atoms with Gasteiger partial charge >= 0.3 is 12.2 Å². The molecule has 0 bridgehead atoms. The van der Waals surface area contributed by atoms with Gasteiger partial charge in [-0.1, -0.05) is 74.8 Å². The highest BCUT2D eigenvalue weighted by Gasteiger charge is 2.33. The number of amides is 4. The Hall–Kier alpha value is -7.07. The number of urea groups is 1. The first-order valence-corrected chi connectivity index (χ1v) is 21.3. The molecule has 4 rings (SSSR count). The van der Waals surface area contributed by atoms with Gasteiger partial charge in [-0.2, -0.15) is 0 Å². The number of rotatable bonds is 26. The maximum atomic E-state index is 14.1. The highest BCUT2D eigenvalue weighted by Crippen LogP contribution is 2.33. The van der Waals surface area contributed by atoms with Gasteiger partial charge < -0.3 is 31.2 Å². The molecule has 3 aromatic carbocycles. The number of hydrogen-bond acceptors (Lipinski definition) is 11. The molecule has 18 nitrogen and oxygen atoms in total. The molecule has 0 radical (unpaired) electrons. The van der Waals surface area contributed by atoms with Gasteiger partial charge in [0.05, 0.1) is 11.0 Å². The van der Waals surface area contributed by atoms with Crippen LogP contribution in [0.15, 0.2) is 84.0 Å². The van der Waals surface area contributed by atoms with Crippen molar-refractivity contribution >= 4 is 52.5 Å². The van der Waals surface area contributed by atoms with Crippen molar-refractivity contribution in [3.05, 3.63) is 116 Å². The molecule has 0 saturated heterocycles. The molecule has 3 aromatic rings. The molecule has 0 fully saturated rings. The van der Waals surface area contributed by atoms with E-state index in [0.29, 0.717) is 43.4 Å². The molecule has 0 heterocycles. The van der Waals surface area contributed by atoms with Crippen LogP contribution in [0.2, 0.25) is 0 Å². The van der Waals surface area contributed by atoms with E-state index < -0.39 is 46.8 Å². The number of hydrogen-bond donors (Lipinski definition) is 4. The van der Waals surface area contributed by atoms with E-state index in [0.717, 1.165) is 17.6 Å². The number of nitrogens with one attached hydrogen (secondary N) is 3. The van der Waals surface area contributed by atoms with Gasteiger partial charge in [-0.3, -0.25) is 29.3 Å². The minimum atomic E-state index is -1.03. The molecule has 0 aromatic heterocycles. The van der Waals surface area contributed by atoms with E-state index in [1.54, 1.807) is 38.1 Å². The lowest BCUT2D eigenvalue weighted by atomic mass is 9.86. The first kappa shape index (κ1) is 49.6. The summed E-state index contributed by atoms with van der Waals surface area (Å²) in [6, 6.07) is 17.7. The Morgan fingerprint density at radius 2 is 1.55 bits per heavy atom. The summed E-state index contributed by atoms with van der Waals surface area (Å²) in [7, 11) is 0. The molecular weight excluding hydrogens is 825 g/mol. The maximum Gasteiger partial charge on any atom is 0.514 e. The number of unbranched alkanes of at least 4 members (excludes halogenated alkanes) is 1. The summed E-state index contributed by atoms with van der Waals surface area (Å²) in [6.07, 6.45) is 4.08. The number of primary amides is 1. The van der Waals surface area contributed by atoms with Crippen LogP contribution in [0.3, 0.4) is 0 Å². The number of non-ortho nitro benzene ring substituents is 1. The topological polar surface area (TPSA) is 275 Å². The number of nitrogens with two attached hydrogens (primary N) is 1. The SMILES string of the molecule is CC(C)[C@H](NC(=O)[C@H](CCCCN=[N+]=[N-])CC(=O)[C@@H](C)CC1=CCc2ccccc21)C(=O)C[C@@H](CCCNC(N)=O)C(=O)Nc1ccc(COC(=O)Oc2ccc([N+](=O)[O-])cc2)cc1. The van der Waals surface area contributed by atoms with Gasteiger partial charge in [0, 0.05) is 66.4 Å². The number of carbonyl (C=O) groups excluding carboxylic acids is 6. The monoisotopic (exact) mass is 880 g/mol. The molecule has 4 atom stereocenters. The number of Topliss-reactive ketones (excluding diaryl/α,β-unsaturated/α-hetero) is 2. The third kappa shape index (κ3) is 16.0. The largest absolute Gasteiger partial charge is 0.514 e. The Morgan fingerprint density at radius 1 is 0.875 bits per heavy atom. The highest BCUT2D eigenvalue weighted by molar-refractivity contribution is 5.98. The fourth-order valence-electron chi connectivity index (χ4n) is 7.36. The molecule has 0 spiro atoms. The standard InChI is InChI=1S/C46H56N8O10/c1-29(2)42(52-44(58)34(10-6-7-24-50-53-48)26-40(55)30(3)25-33-16-15-32-9-4-5-12-39(32)33)41(56)27-35(11-8-23-49-45(47)59)43(57)51-36-17-13-31(14-18-36)28-63-46(60)64-38-21-19-37(20-22-38)54(61)62/h4-5,9,12-14,16-22,29-30,34-35,42H,6-8,10-11,15,23-28H2,1-3H3,(H,51,57)(H,52,58)(H3,47,49,59)/t30-,34+,35+,42-/m0/s1. The lowest BCUT2D eigenvalue weighted by molar-refractivity contribution is -0.384. The van der Waals surface area contributed by atoms with Gasteiger partial charge in [-0.15, -0.1) is 0 Å². The number of fused-ring (bicyclic) bond motifs is 1. The zero-order chi connectivity index (χ0) is 46.6. The van der Waals surface area contributed by atoms with Gasteiger partial charge in [0.25, 0.3) is 5.69 Å². The molecular formula is C46H56N8O10. The maximum absolute atomic E-state index is 14.1. The minimum absolute atomic E-state index is 0.0302. The van der Waals surface area contributed by atoms with Crippen LogP contribution in [0.1, 0.15) is 88.8 Å². The quantitative estimate of drug-likeness (QED) is 0.00878. The number of azide groups is 1. The van der Waals surface area contributed by atoms with Crippen LogP contribution < -0.4 is 26.4 Å². The second kappa shape index (κ2) is 25.1. The summed E-state index contributed by atoms with van der Waals surface area (Å²) in [5.74, 6) is -3.65. The molecule has 1 aliphatic rings. The Bertz CT molecular complexity index is 2200. The molecule has 1 aliphatic carbocycles. The van der Waals surface area contributed by atoms with E-state index in [-0.39, 0.29) is 73.8 Å². The summed E-state index contributed by atoms with van der Waals surface area (Å²) in [5.41, 5.74) is 18.2. The second-order valence-corrected chi connectivity index (χ2v) is 16.1. The van der Waals surface area contributed by atoms with Crippen molar-refractivity contribution in [3.63, 3.8) is 0 Å². The van der Waals surface area contributed by atoms with Gasteiger partial charge in [0.1, 0.15) is 18.1 Å². The number of nitro groups is 1. The van der Waals surface area contributed by atoms with Crippen molar-refractivity contribution in [2.45, 2.75) is 91.2 Å². The van der Waals surface area contributed by atoms with Gasteiger partial charge in [-0.05, 0) is 96.5 Å². The third-order valence-electron chi connectivity index (χ3n) is 10.9. The number of carbonyl (C=O) groups is 6. The average Bonchev–Trinajstić information content (AvgIpc) is 3.67. The number of benzene rings is 3. The van der Waals surface area contributed by atoms with Crippen molar-refractivity contribution in [2.24, 2.45) is 34.5 Å². The number of nitro benzene ring substituents is 1. The summed E-state index contributed by atoms with van der Waals surface area (Å²) < 4.78 is 10.2. The minimum Gasteiger partial charge on any atom is -0.429 e. The lowest BCUT2D eigenvalue weighted by Crippen LogP contribution is -2.48. The number of nitrogens with zero attached hydrogens (tertiary/aromatic N) is 4. The smallest absolute Gasteiger partial charge is 0.429 e. The van der Waals surface area contributed by atoms with Crippen molar-refractivity contribution in [2.75, 3.05) is 18.4 Å². The fraction of sp³-hybridized carbons (Fsp3) is 0.435. The second-order valence-electron chi connectivity index (χ2n) is 16.1. The molecule has 5 N–H and O–H groups in total. The molecule has 0 saturated carbocycles. The lowest BCUT2D eigenvalue weighted by Gasteiger charge is -2.26. The Labute approximate surface area is 371 Å². The van der Waals surface area contributed by atoms with Crippen LogP contribution in [0.5, 0.6) is 5.75 Å². The number of ether oxygens (including phenoxy) is 2. The molecule has 4 amide bonds. The van der Waals surface area contributed by atoms with E-state index in [2.05, 4.69) is 38.1 Å². The Kier molecular flexibility index (Phi) is 19.5. The van der Waals surface area contributed by atoms with Crippen LogP contribution in [-0.2, 0) is 36.9 Å². The molecule has 0 aliphatic heterocycles. The molecule has 64 heavy (non-hydrogen) atoms. The number of allylic oxidation sites excluding steroid dienone is 2. The average molecular weight is 881 g/mol. The first-order chi connectivity index (χ1) is 30.6. The van der Waals surface area contributed by atoms with E-state index in [1.165, 1.54) is 29.8 Å². The predicted octanol–water partition coefficient (Wildman–Crippen LogP) is 8.14. The molecule has 18 heteroatoms. The van der Waals surface area contributed by atoms with Crippen LogP contribution in [-0.4, -0.2) is 59.6 Å². The van der Waals surface area contributed by atoms with Gasteiger partial charge in [-0.25, -0.2) is 9.59 Å². The van der Waals surface area contributed by atoms with E-state index in [9.17, 15) is 38.9 Å². The van der Waals surface area contributed by atoms with Gasteiger partial charge in [0.15, 0.2) is 5.78 Å². The van der Waals surface area contributed by atoms with Gasteiger partial charge in [0.2, 0.25) is 11.8 Å². The van der Waals surface area contributed by atoms with E-state index in [1.807, 2.05) is 25.1 Å². The molecule has 0 unspecified atom stereocenters. The van der Waals surface area contributed by atoms with Crippen LogP contribution in [0.25, 0.3) is 16.0 Å². The van der Waals surface area contributed by atoms with Crippen molar-refractivity contribution in [1.82, 2.24) is 10.6 Å². The van der Waals surface area contributed by atoms with Crippen molar-refractivity contribution in [3.8, 4) is 5.75 Å². The Balaban J connectivity index is 1.39. The fourth-order valence-corrected chi connectivity index (χ4v) is 7.36. The molecule has 340 valence electrons.